The van der Waals surface area contributed by atoms with Crippen LogP contribution in [-0.2, 0) is 26.1 Å². The number of halogens is 2. The van der Waals surface area contributed by atoms with Gasteiger partial charge in [0.15, 0.2) is 6.61 Å². The van der Waals surface area contributed by atoms with Crippen molar-refractivity contribution in [1.82, 2.24) is 0 Å². The molecular weight excluding hydrogens is 321 g/mol. The summed E-state index contributed by atoms with van der Waals surface area (Å²) in [7, 11) is -4.15. The molecule has 0 unspecified atom stereocenters. The first-order valence-corrected chi connectivity index (χ1v) is 6.73. The van der Waals surface area contributed by atoms with E-state index in [9.17, 15) is 22.0 Å². The topological polar surface area (TPSA) is 89.9 Å². The molecule has 0 fully saturated rings. The molecule has 6 nitrogen and oxygen atoms in total. The molecule has 0 radical (unpaired) electrons. The van der Waals surface area contributed by atoms with Gasteiger partial charge in [-0.3, -0.25) is 9.35 Å². The summed E-state index contributed by atoms with van der Waals surface area (Å²) >= 11 is 0. The molecule has 0 aliphatic carbocycles. The molecule has 21 heavy (non-hydrogen) atoms. The van der Waals surface area contributed by atoms with E-state index in [1.807, 2.05) is 0 Å². The molecule has 1 rings (SSSR count). The third-order valence-electron chi connectivity index (χ3n) is 2.29. The van der Waals surface area contributed by atoms with E-state index < -0.39 is 27.9 Å². The van der Waals surface area contributed by atoms with Crippen LogP contribution >= 0.6 is 0 Å². The van der Waals surface area contributed by atoms with E-state index in [1.54, 1.807) is 12.1 Å². The van der Waals surface area contributed by atoms with Gasteiger partial charge in [-0.05, 0) is 17.7 Å². The summed E-state index contributed by atoms with van der Waals surface area (Å²) in [6, 6.07) is 6.19. The van der Waals surface area contributed by atoms with Crippen molar-refractivity contribution in [2.45, 2.75) is 11.7 Å². The van der Waals surface area contributed by atoms with Gasteiger partial charge in [0.2, 0.25) is 0 Å². The molecule has 10 heteroatoms. The van der Waals surface area contributed by atoms with E-state index in [-0.39, 0.29) is 36.0 Å². The first kappa shape index (κ1) is 20.3. The molecule has 1 N–H and O–H groups in total. The van der Waals surface area contributed by atoms with Crippen molar-refractivity contribution in [3.8, 4) is 5.75 Å². The number of esters is 1. The second kappa shape index (κ2) is 8.04. The van der Waals surface area contributed by atoms with Crippen LogP contribution in [0.2, 0.25) is 0 Å². The number of carbonyl (C=O) groups excluding carboxylic acids is 1. The first-order valence-electron chi connectivity index (χ1n) is 5.29. The summed E-state index contributed by atoms with van der Waals surface area (Å²) in [5.74, 6) is -0.487. The maximum atomic E-state index is 12.8. The Labute approximate surface area is 142 Å². The zero-order valence-corrected chi connectivity index (χ0v) is 11.2. The minimum atomic E-state index is -5.61. The van der Waals surface area contributed by atoms with Crippen molar-refractivity contribution < 1.29 is 36.0 Å². The van der Waals surface area contributed by atoms with Gasteiger partial charge >= 0.3 is 50.9 Å². The van der Waals surface area contributed by atoms with Crippen molar-refractivity contribution in [2.24, 2.45) is 0 Å². The van der Waals surface area contributed by atoms with Crippen LogP contribution in [0.1, 0.15) is 5.56 Å². The molecule has 0 aliphatic rings. The summed E-state index contributed by atoms with van der Waals surface area (Å²) in [5, 5.41) is -4.53. The molecule has 0 aromatic heterocycles. The van der Waals surface area contributed by atoms with Crippen LogP contribution in [0, 0.1) is 0 Å². The zero-order valence-electron chi connectivity index (χ0n) is 10.4. The molecule has 0 amide bonds. The minimum absolute atomic E-state index is 0. The first-order chi connectivity index (χ1) is 9.15. The number of rotatable bonds is 6. The SMILES string of the molecule is COc1ccc(CC(=O)OCC(F)(F)S(=O)(=O)O)cc1.[NaH]. The van der Waals surface area contributed by atoms with Gasteiger partial charge in [-0.1, -0.05) is 12.1 Å². The number of hydrogen-bond acceptors (Lipinski definition) is 5. The fraction of sp³-hybridized carbons (Fsp3) is 0.364. The van der Waals surface area contributed by atoms with Gasteiger partial charge in [-0.15, -0.1) is 0 Å². The average molecular weight is 334 g/mol. The molecule has 0 spiro atoms. The van der Waals surface area contributed by atoms with Gasteiger partial charge in [0, 0.05) is 0 Å². The van der Waals surface area contributed by atoms with Crippen molar-refractivity contribution in [1.29, 1.82) is 0 Å². The van der Waals surface area contributed by atoms with Gasteiger partial charge in [-0.2, -0.15) is 17.2 Å². The molecule has 1 aromatic carbocycles. The number of carbonyl (C=O) groups is 1. The van der Waals surface area contributed by atoms with Gasteiger partial charge in [0.1, 0.15) is 5.75 Å². The Kier molecular flexibility index (Phi) is 7.76. The van der Waals surface area contributed by atoms with Gasteiger partial charge in [-0.25, -0.2) is 0 Å². The van der Waals surface area contributed by atoms with Crippen LogP contribution in [0.15, 0.2) is 24.3 Å². The predicted octanol–water partition coefficient (Wildman–Crippen LogP) is 0.613. The van der Waals surface area contributed by atoms with E-state index in [2.05, 4.69) is 4.74 Å². The molecule has 0 atom stereocenters. The maximum absolute atomic E-state index is 12.8. The Morgan fingerprint density at radius 3 is 2.24 bits per heavy atom. The number of hydrogen-bond donors (Lipinski definition) is 1. The van der Waals surface area contributed by atoms with Gasteiger partial charge < -0.3 is 9.47 Å². The molecule has 0 saturated heterocycles. The summed E-state index contributed by atoms with van der Waals surface area (Å²) in [6.45, 7) is -1.74. The van der Waals surface area contributed by atoms with Gasteiger partial charge in [0.05, 0.1) is 13.5 Å². The summed E-state index contributed by atoms with van der Waals surface area (Å²) in [5.41, 5.74) is 0.478. The fourth-order valence-electron chi connectivity index (χ4n) is 1.20. The van der Waals surface area contributed by atoms with Crippen LogP contribution in [0.3, 0.4) is 0 Å². The Bertz CT molecular complexity index is 573. The molecule has 0 heterocycles. The predicted molar refractivity (Wildman–Crippen MR) is 71.3 cm³/mol. The number of benzene rings is 1. The van der Waals surface area contributed by atoms with E-state index in [0.717, 1.165) is 0 Å². The van der Waals surface area contributed by atoms with Crippen molar-refractivity contribution in [3.05, 3.63) is 29.8 Å². The van der Waals surface area contributed by atoms with E-state index in [4.69, 9.17) is 9.29 Å². The second-order valence-electron chi connectivity index (χ2n) is 3.80. The third kappa shape index (κ3) is 6.27. The van der Waals surface area contributed by atoms with E-state index >= 15 is 0 Å². The molecule has 0 bridgehead atoms. The van der Waals surface area contributed by atoms with E-state index in [1.165, 1.54) is 19.2 Å². The number of alkyl halides is 2. The summed E-state index contributed by atoms with van der Waals surface area (Å²) in [6.07, 6.45) is -0.314. The van der Waals surface area contributed by atoms with Gasteiger partial charge in [0.25, 0.3) is 0 Å². The molecule has 0 aliphatic heterocycles. The second-order valence-corrected chi connectivity index (χ2v) is 5.35. The normalized spacial score (nSPS) is 11.4. The summed E-state index contributed by atoms with van der Waals surface area (Å²) < 4.78 is 63.4. The monoisotopic (exact) mass is 334 g/mol. The Morgan fingerprint density at radius 2 is 1.81 bits per heavy atom. The average Bonchev–Trinajstić information content (AvgIpc) is 2.36. The van der Waals surface area contributed by atoms with Crippen LogP contribution in [0.4, 0.5) is 8.78 Å². The Morgan fingerprint density at radius 1 is 1.29 bits per heavy atom. The van der Waals surface area contributed by atoms with E-state index in [0.29, 0.717) is 11.3 Å². The van der Waals surface area contributed by atoms with Crippen molar-refractivity contribution in [2.75, 3.05) is 13.7 Å². The molecule has 114 valence electrons. The third-order valence-corrected chi connectivity index (χ3v) is 3.16. The van der Waals surface area contributed by atoms with Crippen LogP contribution in [0.5, 0.6) is 5.75 Å². The summed E-state index contributed by atoms with van der Waals surface area (Å²) in [4.78, 5) is 11.3. The Hall–Kier alpha value is -0.740. The van der Waals surface area contributed by atoms with Crippen molar-refractivity contribution in [3.63, 3.8) is 0 Å². The van der Waals surface area contributed by atoms with Crippen molar-refractivity contribution >= 4 is 45.6 Å². The van der Waals surface area contributed by atoms with Crippen LogP contribution in [-0.4, -0.2) is 67.5 Å². The zero-order chi connectivity index (χ0) is 15.4. The van der Waals surface area contributed by atoms with Crippen LogP contribution in [0.25, 0.3) is 0 Å². The Balaban J connectivity index is 0.00000400. The number of methoxy groups -OCH3 is 1. The molecule has 0 saturated carbocycles. The number of ether oxygens (including phenoxy) is 2. The molecular formula is C11H13F2NaO6S. The fourth-order valence-corrected chi connectivity index (χ4v) is 1.41. The molecule has 1 aromatic rings. The van der Waals surface area contributed by atoms with Crippen LogP contribution < -0.4 is 4.74 Å². The quantitative estimate of drug-likeness (QED) is 0.466. The standard InChI is InChI=1S/C11H12F2O6S.Na.H/c1-18-9-4-2-8(3-5-9)6-10(14)19-7-11(12,13)20(15,16)17;;/h2-5H,6-7H2,1H3,(H,15,16,17);;.